The van der Waals surface area contributed by atoms with E-state index in [0.29, 0.717) is 12.1 Å². The number of aromatic hydroxyl groups is 1. The average molecular weight is 224 g/mol. The number of phenolic OH excluding ortho intramolecular Hbond substituents is 1. The summed E-state index contributed by atoms with van der Waals surface area (Å²) in [6.07, 6.45) is 0.657. The SMILES string of the molecule is CCC(CO)NC(=O)Nc1cccc(O)c1. The summed E-state index contributed by atoms with van der Waals surface area (Å²) in [5, 5.41) is 23.3. The Morgan fingerprint density at radius 1 is 1.50 bits per heavy atom. The minimum Gasteiger partial charge on any atom is -0.508 e. The van der Waals surface area contributed by atoms with Crippen LogP contribution in [0, 0.1) is 0 Å². The largest absolute Gasteiger partial charge is 0.508 e. The highest BCUT2D eigenvalue weighted by atomic mass is 16.3. The van der Waals surface area contributed by atoms with Gasteiger partial charge in [-0.2, -0.15) is 0 Å². The van der Waals surface area contributed by atoms with Gasteiger partial charge in [-0.1, -0.05) is 13.0 Å². The molecule has 16 heavy (non-hydrogen) atoms. The molecule has 0 radical (unpaired) electrons. The fraction of sp³-hybridized carbons (Fsp3) is 0.364. The molecule has 1 rings (SSSR count). The molecule has 0 heterocycles. The second kappa shape index (κ2) is 5.97. The number of aliphatic hydroxyl groups excluding tert-OH is 1. The molecule has 0 fully saturated rings. The van der Waals surface area contributed by atoms with Crippen LogP contribution in [0.5, 0.6) is 5.75 Å². The Labute approximate surface area is 94.1 Å². The van der Waals surface area contributed by atoms with Crippen molar-refractivity contribution in [1.29, 1.82) is 0 Å². The van der Waals surface area contributed by atoms with Crippen molar-refractivity contribution in [1.82, 2.24) is 5.32 Å². The number of hydrogen-bond acceptors (Lipinski definition) is 3. The number of aliphatic hydroxyl groups is 1. The van der Waals surface area contributed by atoms with Crippen LogP contribution in [0.15, 0.2) is 24.3 Å². The van der Waals surface area contributed by atoms with Crippen LogP contribution in [0.1, 0.15) is 13.3 Å². The van der Waals surface area contributed by atoms with Gasteiger partial charge in [0.05, 0.1) is 12.6 Å². The van der Waals surface area contributed by atoms with Gasteiger partial charge in [0.15, 0.2) is 0 Å². The predicted octanol–water partition coefficient (Wildman–Crippen LogP) is 1.28. The first-order valence-electron chi connectivity index (χ1n) is 5.13. The van der Waals surface area contributed by atoms with Crippen molar-refractivity contribution in [2.75, 3.05) is 11.9 Å². The number of benzene rings is 1. The number of hydrogen-bond donors (Lipinski definition) is 4. The molecular formula is C11H16N2O3. The quantitative estimate of drug-likeness (QED) is 0.622. The van der Waals surface area contributed by atoms with E-state index in [4.69, 9.17) is 5.11 Å². The third kappa shape index (κ3) is 3.78. The molecule has 1 unspecified atom stereocenters. The summed E-state index contributed by atoms with van der Waals surface area (Å²) < 4.78 is 0. The van der Waals surface area contributed by atoms with E-state index in [2.05, 4.69) is 10.6 Å². The third-order valence-electron chi connectivity index (χ3n) is 2.15. The fourth-order valence-electron chi connectivity index (χ4n) is 1.21. The van der Waals surface area contributed by atoms with Crippen LogP contribution in [-0.2, 0) is 0 Å². The monoisotopic (exact) mass is 224 g/mol. The summed E-state index contributed by atoms with van der Waals surface area (Å²) in [5.74, 6) is 0.0898. The molecule has 0 aliphatic rings. The number of carbonyl (C=O) groups is 1. The summed E-state index contributed by atoms with van der Waals surface area (Å²) in [6.45, 7) is 1.78. The maximum atomic E-state index is 11.4. The van der Waals surface area contributed by atoms with Crippen molar-refractivity contribution in [2.24, 2.45) is 0 Å². The molecule has 5 heteroatoms. The third-order valence-corrected chi connectivity index (χ3v) is 2.15. The van der Waals surface area contributed by atoms with Crippen molar-refractivity contribution in [3.63, 3.8) is 0 Å². The van der Waals surface area contributed by atoms with Gasteiger partial charge in [0.1, 0.15) is 5.75 Å². The van der Waals surface area contributed by atoms with Crippen molar-refractivity contribution >= 4 is 11.7 Å². The molecular weight excluding hydrogens is 208 g/mol. The van der Waals surface area contributed by atoms with Gasteiger partial charge in [0.25, 0.3) is 0 Å². The van der Waals surface area contributed by atoms with Crippen LogP contribution in [-0.4, -0.2) is 28.9 Å². The lowest BCUT2D eigenvalue weighted by Crippen LogP contribution is -2.39. The average Bonchev–Trinajstić information content (AvgIpc) is 2.26. The maximum absolute atomic E-state index is 11.4. The van der Waals surface area contributed by atoms with Gasteiger partial charge in [0.2, 0.25) is 0 Å². The highest BCUT2D eigenvalue weighted by Crippen LogP contribution is 2.14. The molecule has 0 spiro atoms. The van der Waals surface area contributed by atoms with Gasteiger partial charge in [-0.15, -0.1) is 0 Å². The van der Waals surface area contributed by atoms with Crippen molar-refractivity contribution in [3.05, 3.63) is 24.3 Å². The summed E-state index contributed by atoms with van der Waals surface area (Å²) in [7, 11) is 0. The number of urea groups is 1. The minimum atomic E-state index is -0.397. The number of nitrogens with one attached hydrogen (secondary N) is 2. The van der Waals surface area contributed by atoms with Crippen LogP contribution in [0.25, 0.3) is 0 Å². The van der Waals surface area contributed by atoms with E-state index in [1.807, 2.05) is 6.92 Å². The summed E-state index contributed by atoms with van der Waals surface area (Å²) in [6, 6.07) is 5.61. The van der Waals surface area contributed by atoms with Crippen molar-refractivity contribution in [2.45, 2.75) is 19.4 Å². The molecule has 1 aromatic carbocycles. The first kappa shape index (κ1) is 12.3. The van der Waals surface area contributed by atoms with Gasteiger partial charge < -0.3 is 20.8 Å². The van der Waals surface area contributed by atoms with E-state index < -0.39 is 6.03 Å². The molecule has 0 saturated heterocycles. The van der Waals surface area contributed by atoms with Gasteiger partial charge in [-0.3, -0.25) is 0 Å². The number of carbonyl (C=O) groups excluding carboxylic acids is 1. The van der Waals surface area contributed by atoms with E-state index in [1.54, 1.807) is 12.1 Å². The van der Waals surface area contributed by atoms with E-state index in [1.165, 1.54) is 12.1 Å². The zero-order chi connectivity index (χ0) is 12.0. The van der Waals surface area contributed by atoms with Crippen LogP contribution in [0.2, 0.25) is 0 Å². The Bertz CT molecular complexity index is 351. The molecule has 0 saturated carbocycles. The summed E-state index contributed by atoms with van der Waals surface area (Å²) >= 11 is 0. The molecule has 1 aromatic rings. The zero-order valence-corrected chi connectivity index (χ0v) is 9.10. The molecule has 4 N–H and O–H groups in total. The van der Waals surface area contributed by atoms with Crippen molar-refractivity contribution < 1.29 is 15.0 Å². The number of rotatable bonds is 4. The number of amides is 2. The van der Waals surface area contributed by atoms with E-state index in [9.17, 15) is 9.90 Å². The highest BCUT2D eigenvalue weighted by Gasteiger charge is 2.08. The lowest BCUT2D eigenvalue weighted by molar-refractivity contribution is 0.222. The lowest BCUT2D eigenvalue weighted by atomic mass is 10.2. The first-order valence-corrected chi connectivity index (χ1v) is 5.13. The Hall–Kier alpha value is -1.75. The van der Waals surface area contributed by atoms with E-state index in [0.717, 1.165) is 0 Å². The van der Waals surface area contributed by atoms with Gasteiger partial charge >= 0.3 is 6.03 Å². The number of phenols is 1. The van der Waals surface area contributed by atoms with Gasteiger partial charge in [-0.25, -0.2) is 4.79 Å². The van der Waals surface area contributed by atoms with Crippen LogP contribution in [0.4, 0.5) is 10.5 Å². The maximum Gasteiger partial charge on any atom is 0.319 e. The smallest absolute Gasteiger partial charge is 0.319 e. The Kier molecular flexibility index (Phi) is 4.60. The van der Waals surface area contributed by atoms with Crippen LogP contribution < -0.4 is 10.6 Å². The Morgan fingerprint density at radius 2 is 2.25 bits per heavy atom. The van der Waals surface area contributed by atoms with Gasteiger partial charge in [-0.05, 0) is 18.6 Å². The van der Waals surface area contributed by atoms with Crippen molar-refractivity contribution in [3.8, 4) is 5.75 Å². The summed E-state index contributed by atoms with van der Waals surface area (Å²) in [4.78, 5) is 11.4. The standard InChI is InChI=1S/C11H16N2O3/c1-2-8(7-14)12-11(16)13-9-4-3-5-10(15)6-9/h3-6,8,14-15H,2,7H2,1H3,(H2,12,13,16). The first-order chi connectivity index (χ1) is 7.65. The molecule has 0 bridgehead atoms. The van der Waals surface area contributed by atoms with Gasteiger partial charge in [0, 0.05) is 11.8 Å². The van der Waals surface area contributed by atoms with E-state index in [-0.39, 0.29) is 18.4 Å². The molecule has 0 aromatic heterocycles. The second-order valence-electron chi connectivity index (χ2n) is 3.44. The molecule has 88 valence electrons. The molecule has 0 aliphatic carbocycles. The minimum absolute atomic E-state index is 0.0898. The molecule has 0 aliphatic heterocycles. The molecule has 5 nitrogen and oxygen atoms in total. The Balaban J connectivity index is 2.51. The molecule has 1 atom stereocenters. The molecule has 2 amide bonds. The van der Waals surface area contributed by atoms with Crippen LogP contribution >= 0.6 is 0 Å². The van der Waals surface area contributed by atoms with Crippen LogP contribution in [0.3, 0.4) is 0 Å². The Morgan fingerprint density at radius 3 is 2.81 bits per heavy atom. The normalized spacial score (nSPS) is 11.9. The fourth-order valence-corrected chi connectivity index (χ4v) is 1.21. The predicted molar refractivity (Wildman–Crippen MR) is 61.4 cm³/mol. The number of anilines is 1. The van der Waals surface area contributed by atoms with E-state index >= 15 is 0 Å². The second-order valence-corrected chi connectivity index (χ2v) is 3.44. The summed E-state index contributed by atoms with van der Waals surface area (Å²) in [5.41, 5.74) is 0.505. The lowest BCUT2D eigenvalue weighted by Gasteiger charge is -2.14. The topological polar surface area (TPSA) is 81.6 Å². The highest BCUT2D eigenvalue weighted by molar-refractivity contribution is 5.89. The zero-order valence-electron chi connectivity index (χ0n) is 9.10.